The molecule has 3 nitrogen and oxygen atoms in total. The summed E-state index contributed by atoms with van der Waals surface area (Å²) in [6.07, 6.45) is 1.18. The van der Waals surface area contributed by atoms with Crippen molar-refractivity contribution in [3.8, 4) is 0 Å². The third-order valence-electron chi connectivity index (χ3n) is 3.02. The lowest BCUT2D eigenvalue weighted by Gasteiger charge is -2.29. The number of thiophene rings is 1. The van der Waals surface area contributed by atoms with Crippen LogP contribution in [0.5, 0.6) is 0 Å². The highest BCUT2D eigenvalue weighted by atomic mass is 32.1. The summed E-state index contributed by atoms with van der Waals surface area (Å²) in [4.78, 5) is 16.3. The molecule has 2 rings (SSSR count). The van der Waals surface area contributed by atoms with Gasteiger partial charge in [-0.25, -0.2) is 0 Å². The van der Waals surface area contributed by atoms with Crippen LogP contribution in [-0.2, 0) is 0 Å². The number of aryl methyl sites for hydroxylation is 2. The number of aliphatic hydroxyl groups excluding tert-OH is 1. The fourth-order valence-corrected chi connectivity index (χ4v) is 3.00. The van der Waals surface area contributed by atoms with Gasteiger partial charge in [0.05, 0.1) is 11.7 Å². The molecule has 0 bridgehead atoms. The van der Waals surface area contributed by atoms with E-state index in [2.05, 4.69) is 0 Å². The summed E-state index contributed by atoms with van der Waals surface area (Å²) >= 11 is 1.67. The lowest BCUT2D eigenvalue weighted by molar-refractivity contribution is 0.0546. The first kappa shape index (κ1) is 11.6. The van der Waals surface area contributed by atoms with E-state index in [1.807, 2.05) is 24.8 Å². The second-order valence-electron chi connectivity index (χ2n) is 4.35. The number of carbonyl (C=O) groups excluding carboxylic acids is 1. The van der Waals surface area contributed by atoms with E-state index in [-0.39, 0.29) is 12.0 Å². The average molecular weight is 239 g/mol. The molecule has 16 heavy (non-hydrogen) atoms. The Balaban J connectivity index is 2.10. The van der Waals surface area contributed by atoms with Crippen LogP contribution in [0.1, 0.15) is 33.0 Å². The zero-order valence-corrected chi connectivity index (χ0v) is 10.5. The Morgan fingerprint density at radius 2 is 2.06 bits per heavy atom. The van der Waals surface area contributed by atoms with Crippen LogP contribution in [-0.4, -0.2) is 35.1 Å². The average Bonchev–Trinajstić information content (AvgIpc) is 2.58. The Morgan fingerprint density at radius 3 is 2.56 bits per heavy atom. The zero-order valence-electron chi connectivity index (χ0n) is 9.69. The number of nitrogens with zero attached hydrogens (tertiary/aromatic N) is 1. The van der Waals surface area contributed by atoms with Crippen LogP contribution >= 0.6 is 11.3 Å². The fraction of sp³-hybridized carbons (Fsp3) is 0.583. The standard InChI is InChI=1S/C12H17NO2S/c1-8-7-11(9(2)16-8)12(15)13-5-3-10(14)4-6-13/h7,10,14H,3-6H2,1-2H3. The maximum atomic E-state index is 12.2. The summed E-state index contributed by atoms with van der Waals surface area (Å²) < 4.78 is 0. The fourth-order valence-electron chi connectivity index (χ4n) is 2.08. The Kier molecular flexibility index (Phi) is 3.30. The van der Waals surface area contributed by atoms with Gasteiger partial charge in [0.15, 0.2) is 0 Å². The maximum absolute atomic E-state index is 12.2. The minimum Gasteiger partial charge on any atom is -0.393 e. The Morgan fingerprint density at radius 1 is 1.44 bits per heavy atom. The summed E-state index contributed by atoms with van der Waals surface area (Å²) in [6, 6.07) is 1.97. The van der Waals surface area contributed by atoms with E-state index >= 15 is 0 Å². The van der Waals surface area contributed by atoms with Gasteiger partial charge >= 0.3 is 0 Å². The topological polar surface area (TPSA) is 40.5 Å². The highest BCUT2D eigenvalue weighted by Gasteiger charge is 2.23. The SMILES string of the molecule is Cc1cc(C(=O)N2CCC(O)CC2)c(C)s1. The molecular formula is C12H17NO2S. The first-order valence-corrected chi connectivity index (χ1v) is 6.44. The van der Waals surface area contributed by atoms with Crippen molar-refractivity contribution in [1.82, 2.24) is 4.90 Å². The maximum Gasteiger partial charge on any atom is 0.254 e. The van der Waals surface area contributed by atoms with Crippen molar-refractivity contribution >= 4 is 17.2 Å². The summed E-state index contributed by atoms with van der Waals surface area (Å²) in [5.74, 6) is 0.119. The highest BCUT2D eigenvalue weighted by Crippen LogP contribution is 2.23. The molecule has 0 saturated carbocycles. The van der Waals surface area contributed by atoms with Crippen molar-refractivity contribution in [3.63, 3.8) is 0 Å². The van der Waals surface area contributed by atoms with Crippen LogP contribution in [0.15, 0.2) is 6.07 Å². The Bertz CT molecular complexity index is 392. The molecule has 88 valence electrons. The smallest absolute Gasteiger partial charge is 0.254 e. The molecule has 4 heteroatoms. The zero-order chi connectivity index (χ0) is 11.7. The molecule has 0 radical (unpaired) electrons. The second kappa shape index (κ2) is 4.55. The van der Waals surface area contributed by atoms with Gasteiger partial charge in [0.25, 0.3) is 5.91 Å². The van der Waals surface area contributed by atoms with Gasteiger partial charge < -0.3 is 10.0 Å². The molecule has 1 amide bonds. The molecule has 1 aromatic rings. The Hall–Kier alpha value is -0.870. The minimum absolute atomic E-state index is 0.119. The molecule has 0 unspecified atom stereocenters. The number of piperidine rings is 1. The first-order valence-electron chi connectivity index (χ1n) is 5.62. The molecule has 1 fully saturated rings. The minimum atomic E-state index is -0.227. The van der Waals surface area contributed by atoms with Gasteiger partial charge in [-0.1, -0.05) is 0 Å². The van der Waals surface area contributed by atoms with Gasteiger partial charge in [0.2, 0.25) is 0 Å². The summed E-state index contributed by atoms with van der Waals surface area (Å²) in [6.45, 7) is 5.36. The second-order valence-corrected chi connectivity index (χ2v) is 5.81. The molecule has 0 atom stereocenters. The molecular weight excluding hydrogens is 222 g/mol. The van der Waals surface area contributed by atoms with Crippen molar-refractivity contribution in [3.05, 3.63) is 21.4 Å². The molecule has 0 aromatic carbocycles. The van der Waals surface area contributed by atoms with Crippen LogP contribution in [0.3, 0.4) is 0 Å². The molecule has 1 aliphatic rings. The molecule has 1 saturated heterocycles. The van der Waals surface area contributed by atoms with E-state index in [4.69, 9.17) is 0 Å². The van der Waals surface area contributed by atoms with E-state index in [1.165, 1.54) is 4.88 Å². The number of amides is 1. The molecule has 1 aromatic heterocycles. The van der Waals surface area contributed by atoms with E-state index in [0.29, 0.717) is 25.9 Å². The molecule has 1 aliphatic heterocycles. The van der Waals surface area contributed by atoms with E-state index in [1.54, 1.807) is 11.3 Å². The third kappa shape index (κ3) is 2.28. The number of aliphatic hydroxyl groups is 1. The lowest BCUT2D eigenvalue weighted by Crippen LogP contribution is -2.40. The van der Waals surface area contributed by atoms with Crippen LogP contribution < -0.4 is 0 Å². The first-order chi connectivity index (χ1) is 7.58. The van der Waals surface area contributed by atoms with Crippen LogP contribution in [0.4, 0.5) is 0 Å². The van der Waals surface area contributed by atoms with Gasteiger partial charge in [0, 0.05) is 22.8 Å². The van der Waals surface area contributed by atoms with Gasteiger partial charge in [0.1, 0.15) is 0 Å². The quantitative estimate of drug-likeness (QED) is 0.814. The van der Waals surface area contributed by atoms with Crippen LogP contribution in [0.25, 0.3) is 0 Å². The Labute approximate surface area is 99.7 Å². The summed E-state index contributed by atoms with van der Waals surface area (Å²) in [7, 11) is 0. The third-order valence-corrected chi connectivity index (χ3v) is 3.99. The predicted octanol–water partition coefficient (Wildman–Crippen LogP) is 1.96. The highest BCUT2D eigenvalue weighted by molar-refractivity contribution is 7.12. The predicted molar refractivity (Wildman–Crippen MR) is 64.9 cm³/mol. The van der Waals surface area contributed by atoms with Crippen LogP contribution in [0.2, 0.25) is 0 Å². The van der Waals surface area contributed by atoms with E-state index in [9.17, 15) is 9.90 Å². The van der Waals surface area contributed by atoms with Gasteiger partial charge in [-0.2, -0.15) is 0 Å². The van der Waals surface area contributed by atoms with Crippen LogP contribution in [0, 0.1) is 13.8 Å². The van der Waals surface area contributed by atoms with Crippen molar-refractivity contribution in [2.24, 2.45) is 0 Å². The van der Waals surface area contributed by atoms with Gasteiger partial charge in [-0.15, -0.1) is 11.3 Å². The van der Waals surface area contributed by atoms with Crippen molar-refractivity contribution < 1.29 is 9.90 Å². The number of likely N-dealkylation sites (tertiary alicyclic amines) is 1. The molecule has 2 heterocycles. The van der Waals surface area contributed by atoms with Crippen molar-refractivity contribution in [2.75, 3.05) is 13.1 Å². The molecule has 0 aliphatic carbocycles. The summed E-state index contributed by atoms with van der Waals surface area (Å²) in [5.41, 5.74) is 0.832. The lowest BCUT2D eigenvalue weighted by atomic mass is 10.1. The van der Waals surface area contributed by atoms with Gasteiger partial charge in [-0.3, -0.25) is 4.79 Å². The largest absolute Gasteiger partial charge is 0.393 e. The van der Waals surface area contributed by atoms with Crippen molar-refractivity contribution in [2.45, 2.75) is 32.8 Å². The molecule has 0 spiro atoms. The van der Waals surface area contributed by atoms with E-state index in [0.717, 1.165) is 10.4 Å². The van der Waals surface area contributed by atoms with Crippen molar-refractivity contribution in [1.29, 1.82) is 0 Å². The normalized spacial score (nSPS) is 17.8. The molecule has 1 N–H and O–H groups in total. The van der Waals surface area contributed by atoms with Gasteiger partial charge in [-0.05, 0) is 32.8 Å². The number of rotatable bonds is 1. The van der Waals surface area contributed by atoms with E-state index < -0.39 is 0 Å². The number of hydrogen-bond acceptors (Lipinski definition) is 3. The number of carbonyl (C=O) groups is 1. The summed E-state index contributed by atoms with van der Waals surface area (Å²) in [5, 5.41) is 9.40. The number of hydrogen-bond donors (Lipinski definition) is 1. The monoisotopic (exact) mass is 239 g/mol.